The molecule has 0 fully saturated rings. The molecular formula is C23H22N2O3S. The van der Waals surface area contributed by atoms with Crippen LogP contribution in [0, 0.1) is 13.8 Å². The van der Waals surface area contributed by atoms with Crippen LogP contribution in [0.5, 0.6) is 0 Å². The van der Waals surface area contributed by atoms with E-state index >= 15 is 0 Å². The van der Waals surface area contributed by atoms with Crippen molar-refractivity contribution in [1.82, 2.24) is 0 Å². The second kappa shape index (κ2) is 8.17. The molecule has 2 aromatic carbocycles. The molecule has 4 rings (SSSR count). The minimum atomic E-state index is -0.221. The number of para-hydroxylation sites is 1. The zero-order chi connectivity index (χ0) is 20.4. The van der Waals surface area contributed by atoms with E-state index in [-0.39, 0.29) is 30.0 Å². The average Bonchev–Trinajstić information content (AvgIpc) is 3.19. The van der Waals surface area contributed by atoms with Crippen molar-refractivity contribution in [1.29, 1.82) is 0 Å². The van der Waals surface area contributed by atoms with Crippen LogP contribution in [0.25, 0.3) is 0 Å². The van der Waals surface area contributed by atoms with Gasteiger partial charge >= 0.3 is 0 Å². The van der Waals surface area contributed by atoms with Crippen molar-refractivity contribution in [3.05, 3.63) is 77.7 Å². The second-order valence-corrected chi connectivity index (χ2v) is 8.38. The monoisotopic (exact) mass is 406 g/mol. The van der Waals surface area contributed by atoms with E-state index in [0.29, 0.717) is 0 Å². The lowest BCUT2D eigenvalue weighted by atomic mass is 10.1. The Morgan fingerprint density at radius 3 is 2.76 bits per heavy atom. The zero-order valence-electron chi connectivity index (χ0n) is 16.3. The molecule has 1 aromatic heterocycles. The molecule has 1 unspecified atom stereocenters. The maximum Gasteiger partial charge on any atom is 0.244 e. The maximum absolute atomic E-state index is 13.1. The van der Waals surface area contributed by atoms with Crippen molar-refractivity contribution < 1.29 is 14.0 Å². The maximum atomic E-state index is 13.1. The van der Waals surface area contributed by atoms with Gasteiger partial charge in [-0.05, 0) is 49.7 Å². The van der Waals surface area contributed by atoms with Gasteiger partial charge in [0.2, 0.25) is 11.8 Å². The summed E-state index contributed by atoms with van der Waals surface area (Å²) in [7, 11) is 0. The number of carbonyl (C=O) groups excluding carboxylic acids is 2. The number of rotatable bonds is 4. The van der Waals surface area contributed by atoms with Gasteiger partial charge in [0.25, 0.3) is 0 Å². The Hall–Kier alpha value is -2.99. The van der Waals surface area contributed by atoms with Crippen LogP contribution >= 0.6 is 11.8 Å². The summed E-state index contributed by atoms with van der Waals surface area (Å²) < 4.78 is 5.54. The Balaban J connectivity index is 1.58. The molecule has 1 N–H and O–H groups in total. The summed E-state index contributed by atoms with van der Waals surface area (Å²) in [4.78, 5) is 28.4. The Bertz CT molecular complexity index is 1050. The van der Waals surface area contributed by atoms with Crippen molar-refractivity contribution in [2.45, 2.75) is 30.4 Å². The fourth-order valence-corrected chi connectivity index (χ4v) is 4.71. The molecule has 2 heterocycles. The number of carbonyl (C=O) groups is 2. The highest BCUT2D eigenvalue weighted by molar-refractivity contribution is 7.99. The number of amides is 2. The van der Waals surface area contributed by atoms with Gasteiger partial charge in [-0.25, -0.2) is 0 Å². The van der Waals surface area contributed by atoms with Gasteiger partial charge in [0, 0.05) is 17.0 Å². The number of fused-ring (bicyclic) bond motifs is 1. The molecule has 1 aliphatic rings. The summed E-state index contributed by atoms with van der Waals surface area (Å²) in [6, 6.07) is 17.3. The lowest BCUT2D eigenvalue weighted by molar-refractivity contribution is -0.121. The van der Waals surface area contributed by atoms with Gasteiger partial charge in [0.05, 0.1) is 17.2 Å². The molecule has 1 aliphatic heterocycles. The minimum absolute atomic E-state index is 0.0331. The molecular weight excluding hydrogens is 384 g/mol. The van der Waals surface area contributed by atoms with Crippen LogP contribution in [0.3, 0.4) is 0 Å². The van der Waals surface area contributed by atoms with Crippen LogP contribution in [0.1, 0.15) is 28.6 Å². The zero-order valence-corrected chi connectivity index (χ0v) is 17.2. The number of hydrogen-bond acceptors (Lipinski definition) is 4. The molecule has 3 aromatic rings. The average molecular weight is 407 g/mol. The van der Waals surface area contributed by atoms with Crippen LogP contribution in [0.4, 0.5) is 11.4 Å². The third kappa shape index (κ3) is 4.22. The number of thioether (sulfide) groups is 1. The number of aryl methyl sites for hydroxylation is 2. The first kappa shape index (κ1) is 19.3. The van der Waals surface area contributed by atoms with Crippen LogP contribution in [0.2, 0.25) is 0 Å². The van der Waals surface area contributed by atoms with E-state index in [0.717, 1.165) is 33.2 Å². The highest BCUT2D eigenvalue weighted by Gasteiger charge is 2.31. The van der Waals surface area contributed by atoms with Crippen molar-refractivity contribution >= 4 is 35.0 Å². The van der Waals surface area contributed by atoms with E-state index in [1.165, 1.54) is 0 Å². The summed E-state index contributed by atoms with van der Waals surface area (Å²) in [6.07, 6.45) is 1.88. The highest BCUT2D eigenvalue weighted by Crippen LogP contribution is 2.45. The number of nitrogens with one attached hydrogen (secondary N) is 1. The summed E-state index contributed by atoms with van der Waals surface area (Å²) in [5.74, 6) is 0.445. The summed E-state index contributed by atoms with van der Waals surface area (Å²) in [5.41, 5.74) is 3.65. The predicted octanol–water partition coefficient (Wildman–Crippen LogP) is 5.11. The van der Waals surface area contributed by atoms with Crippen molar-refractivity contribution in [3.63, 3.8) is 0 Å². The fraction of sp³-hybridized carbons (Fsp3) is 0.217. The van der Waals surface area contributed by atoms with Gasteiger partial charge in [-0.1, -0.05) is 29.8 Å². The van der Waals surface area contributed by atoms with E-state index < -0.39 is 0 Å². The van der Waals surface area contributed by atoms with Crippen LogP contribution < -0.4 is 10.2 Å². The normalized spacial score (nSPS) is 16.3. The summed E-state index contributed by atoms with van der Waals surface area (Å²) in [5, 5.41) is 2.82. The van der Waals surface area contributed by atoms with E-state index in [2.05, 4.69) is 5.32 Å². The molecule has 29 heavy (non-hydrogen) atoms. The summed E-state index contributed by atoms with van der Waals surface area (Å²) in [6.45, 7) is 3.94. The van der Waals surface area contributed by atoms with E-state index in [4.69, 9.17) is 4.42 Å². The molecule has 0 saturated heterocycles. The number of nitrogens with zero attached hydrogens (tertiary/aromatic N) is 1. The smallest absolute Gasteiger partial charge is 0.244 e. The fourth-order valence-electron chi connectivity index (χ4n) is 3.47. The van der Waals surface area contributed by atoms with Crippen molar-refractivity contribution in [2.75, 3.05) is 16.8 Å². The van der Waals surface area contributed by atoms with Gasteiger partial charge in [-0.2, -0.15) is 0 Å². The van der Waals surface area contributed by atoms with Gasteiger partial charge in [0.15, 0.2) is 0 Å². The van der Waals surface area contributed by atoms with Gasteiger partial charge in [-0.15, -0.1) is 11.8 Å². The van der Waals surface area contributed by atoms with E-state index in [9.17, 15) is 9.59 Å². The van der Waals surface area contributed by atoms with Gasteiger partial charge < -0.3 is 14.6 Å². The first-order valence-electron chi connectivity index (χ1n) is 9.48. The first-order valence-corrected chi connectivity index (χ1v) is 10.4. The molecule has 0 radical (unpaired) electrons. The Kier molecular flexibility index (Phi) is 5.45. The van der Waals surface area contributed by atoms with Crippen LogP contribution in [0.15, 0.2) is 70.2 Å². The molecule has 0 spiro atoms. The molecule has 0 bridgehead atoms. The summed E-state index contributed by atoms with van der Waals surface area (Å²) >= 11 is 1.59. The number of hydrogen-bond donors (Lipinski definition) is 1. The topological polar surface area (TPSA) is 62.6 Å². The molecule has 0 aliphatic carbocycles. The van der Waals surface area contributed by atoms with E-state index in [1.807, 2.05) is 68.4 Å². The Morgan fingerprint density at radius 2 is 2.00 bits per heavy atom. The SMILES string of the molecule is Cc1ccc(NC(=O)CN2C(=O)CC(c3ccco3)Sc3ccccc32)c(C)c1. The lowest BCUT2D eigenvalue weighted by Gasteiger charge is -2.22. The molecule has 148 valence electrons. The number of benzene rings is 2. The van der Waals surface area contributed by atoms with Crippen molar-refractivity contribution in [3.8, 4) is 0 Å². The first-order chi connectivity index (χ1) is 14.0. The number of anilines is 2. The largest absolute Gasteiger partial charge is 0.468 e. The number of furan rings is 1. The molecule has 2 amide bonds. The molecule has 0 saturated carbocycles. The Labute approximate surface area is 174 Å². The third-order valence-electron chi connectivity index (χ3n) is 4.90. The molecule has 5 nitrogen and oxygen atoms in total. The predicted molar refractivity (Wildman–Crippen MR) is 115 cm³/mol. The molecule has 1 atom stereocenters. The third-order valence-corrected chi connectivity index (χ3v) is 6.19. The molecule has 6 heteroatoms. The second-order valence-electron chi connectivity index (χ2n) is 7.14. The Morgan fingerprint density at radius 1 is 1.17 bits per heavy atom. The van der Waals surface area contributed by atoms with Crippen LogP contribution in [-0.2, 0) is 9.59 Å². The van der Waals surface area contributed by atoms with Crippen LogP contribution in [-0.4, -0.2) is 18.4 Å². The highest BCUT2D eigenvalue weighted by atomic mass is 32.2. The van der Waals surface area contributed by atoms with E-state index in [1.54, 1.807) is 22.9 Å². The lowest BCUT2D eigenvalue weighted by Crippen LogP contribution is -2.38. The van der Waals surface area contributed by atoms with Crippen molar-refractivity contribution in [2.24, 2.45) is 0 Å². The quantitative estimate of drug-likeness (QED) is 0.654. The van der Waals surface area contributed by atoms with Gasteiger partial charge in [-0.3, -0.25) is 9.59 Å². The standard InChI is InChI=1S/C23H22N2O3S/c1-15-9-10-17(16(2)12-15)24-22(26)14-25-18-6-3-4-8-20(18)29-21(13-23(25)27)19-7-5-11-28-19/h3-12,21H,13-14H2,1-2H3,(H,24,26). The minimum Gasteiger partial charge on any atom is -0.468 e. The van der Waals surface area contributed by atoms with Gasteiger partial charge in [0.1, 0.15) is 12.3 Å².